The SMILES string of the molecule is C=N/C=C\C(=N/Cc1cnc2cnc(C(F)F)cn12)N1CCCC(SC)C1. The monoisotopic (exact) mass is 392 g/mol. The van der Waals surface area contributed by atoms with E-state index in [0.29, 0.717) is 17.4 Å². The number of fused-ring (bicyclic) bond motifs is 1. The molecule has 1 unspecified atom stereocenters. The van der Waals surface area contributed by atoms with Crippen molar-refractivity contribution in [2.24, 2.45) is 9.98 Å². The molecule has 1 saturated heterocycles. The van der Waals surface area contributed by atoms with Crippen LogP contribution in [0, 0.1) is 0 Å². The average Bonchev–Trinajstić information content (AvgIpc) is 3.10. The summed E-state index contributed by atoms with van der Waals surface area (Å²) < 4.78 is 27.5. The summed E-state index contributed by atoms with van der Waals surface area (Å²) in [6.07, 6.45) is 9.59. The quantitative estimate of drug-likeness (QED) is 0.557. The lowest BCUT2D eigenvalue weighted by atomic mass is 10.1. The van der Waals surface area contributed by atoms with E-state index in [-0.39, 0.29) is 5.69 Å². The lowest BCUT2D eigenvalue weighted by Gasteiger charge is -2.33. The van der Waals surface area contributed by atoms with Gasteiger partial charge in [-0.3, -0.25) is 14.4 Å². The standard InChI is InChI=1S/C18H22F2N6S/c1-21-6-5-16(25-7-3-4-14(11-25)27-2)23-8-13-9-24-17-10-22-15(18(19)20)12-26(13)17/h5-6,9-10,12,14,18H,1,3-4,7-8,11H2,2H3/b6-5-,23-16+. The summed E-state index contributed by atoms with van der Waals surface area (Å²) in [4.78, 5) is 18.7. The van der Waals surface area contributed by atoms with E-state index < -0.39 is 6.43 Å². The van der Waals surface area contributed by atoms with Crippen molar-refractivity contribution in [2.75, 3.05) is 19.3 Å². The second-order valence-electron chi connectivity index (χ2n) is 6.21. The van der Waals surface area contributed by atoms with Crippen molar-refractivity contribution in [1.29, 1.82) is 0 Å². The minimum atomic E-state index is -2.62. The van der Waals surface area contributed by atoms with E-state index in [1.807, 2.05) is 17.8 Å². The largest absolute Gasteiger partial charge is 0.356 e. The van der Waals surface area contributed by atoms with Crippen LogP contribution in [0.15, 0.2) is 40.9 Å². The van der Waals surface area contributed by atoms with Crippen LogP contribution in [-0.2, 0) is 6.54 Å². The summed E-state index contributed by atoms with van der Waals surface area (Å²) in [6, 6.07) is 0. The van der Waals surface area contributed by atoms with Crippen LogP contribution in [-0.4, -0.2) is 56.4 Å². The van der Waals surface area contributed by atoms with E-state index >= 15 is 0 Å². The molecular weight excluding hydrogens is 370 g/mol. The van der Waals surface area contributed by atoms with Crippen molar-refractivity contribution in [3.8, 4) is 0 Å². The summed E-state index contributed by atoms with van der Waals surface area (Å²) in [5.74, 6) is 0.819. The first-order valence-corrected chi connectivity index (χ1v) is 9.95. The van der Waals surface area contributed by atoms with Gasteiger partial charge in [-0.2, -0.15) is 11.8 Å². The maximum atomic E-state index is 12.9. The molecule has 1 atom stereocenters. The van der Waals surface area contributed by atoms with Crippen LogP contribution in [0.2, 0.25) is 0 Å². The molecule has 27 heavy (non-hydrogen) atoms. The highest BCUT2D eigenvalue weighted by Crippen LogP contribution is 2.21. The number of hydrogen-bond donors (Lipinski definition) is 0. The van der Waals surface area contributed by atoms with Crippen LogP contribution in [0.3, 0.4) is 0 Å². The zero-order valence-electron chi connectivity index (χ0n) is 15.1. The van der Waals surface area contributed by atoms with Crippen LogP contribution in [0.4, 0.5) is 8.78 Å². The van der Waals surface area contributed by atoms with Gasteiger partial charge in [-0.05, 0) is 31.9 Å². The Morgan fingerprint density at radius 3 is 3.04 bits per heavy atom. The number of hydrogen-bond acceptors (Lipinski definition) is 5. The van der Waals surface area contributed by atoms with Crippen molar-refractivity contribution < 1.29 is 8.78 Å². The van der Waals surface area contributed by atoms with Gasteiger partial charge in [0.05, 0.1) is 24.6 Å². The first-order valence-electron chi connectivity index (χ1n) is 8.67. The van der Waals surface area contributed by atoms with Gasteiger partial charge in [0.25, 0.3) is 6.43 Å². The number of thioether (sulfide) groups is 1. The second-order valence-corrected chi connectivity index (χ2v) is 7.35. The van der Waals surface area contributed by atoms with Gasteiger partial charge in [0.1, 0.15) is 11.5 Å². The zero-order valence-corrected chi connectivity index (χ0v) is 15.9. The van der Waals surface area contributed by atoms with Crippen molar-refractivity contribution in [2.45, 2.75) is 31.1 Å². The third-order valence-corrected chi connectivity index (χ3v) is 5.54. The Morgan fingerprint density at radius 2 is 2.30 bits per heavy atom. The molecule has 0 saturated carbocycles. The molecule has 2 aromatic heterocycles. The van der Waals surface area contributed by atoms with Gasteiger partial charge in [-0.1, -0.05) is 0 Å². The molecule has 3 rings (SSSR count). The van der Waals surface area contributed by atoms with E-state index in [2.05, 4.69) is 32.8 Å². The summed E-state index contributed by atoms with van der Waals surface area (Å²) in [7, 11) is 0. The van der Waals surface area contributed by atoms with Gasteiger partial charge >= 0.3 is 0 Å². The van der Waals surface area contributed by atoms with Gasteiger partial charge < -0.3 is 4.90 Å². The predicted molar refractivity (Wildman–Crippen MR) is 106 cm³/mol. The summed E-state index contributed by atoms with van der Waals surface area (Å²) in [5, 5.41) is 0.574. The number of aliphatic imine (C=N–C) groups is 2. The molecule has 6 nitrogen and oxygen atoms in total. The average molecular weight is 392 g/mol. The molecule has 0 spiro atoms. The second kappa shape index (κ2) is 9.07. The number of likely N-dealkylation sites (tertiary alicyclic amines) is 1. The normalized spacial score (nSPS) is 18.7. The maximum Gasteiger partial charge on any atom is 0.281 e. The summed E-state index contributed by atoms with van der Waals surface area (Å²) >= 11 is 1.86. The Morgan fingerprint density at radius 1 is 1.44 bits per heavy atom. The van der Waals surface area contributed by atoms with Crippen LogP contribution in [0.5, 0.6) is 0 Å². The van der Waals surface area contributed by atoms with E-state index in [9.17, 15) is 8.78 Å². The van der Waals surface area contributed by atoms with Crippen LogP contribution in [0.1, 0.15) is 30.7 Å². The molecule has 2 aromatic rings. The molecule has 144 valence electrons. The van der Waals surface area contributed by atoms with Crippen LogP contribution < -0.4 is 0 Å². The molecule has 0 amide bonds. The fourth-order valence-electron chi connectivity index (χ4n) is 3.06. The fraction of sp³-hybridized carbons (Fsp3) is 0.444. The minimum Gasteiger partial charge on any atom is -0.356 e. The van der Waals surface area contributed by atoms with Crippen molar-refractivity contribution in [1.82, 2.24) is 19.3 Å². The Balaban J connectivity index is 1.85. The Labute approximate surface area is 161 Å². The number of imidazole rings is 1. The summed E-state index contributed by atoms with van der Waals surface area (Å²) in [6.45, 7) is 5.66. The Kier molecular flexibility index (Phi) is 6.54. The van der Waals surface area contributed by atoms with Crippen molar-refractivity contribution >= 4 is 30.0 Å². The number of rotatable bonds is 6. The molecule has 0 radical (unpaired) electrons. The molecule has 0 aromatic carbocycles. The molecule has 0 aliphatic carbocycles. The van der Waals surface area contributed by atoms with E-state index in [0.717, 1.165) is 31.0 Å². The molecule has 1 aliphatic rings. The summed E-state index contributed by atoms with van der Waals surface area (Å²) in [5.41, 5.74) is 0.973. The van der Waals surface area contributed by atoms with Gasteiger partial charge in [0.2, 0.25) is 0 Å². The lowest BCUT2D eigenvalue weighted by Crippen LogP contribution is -2.40. The first kappa shape index (κ1) is 19.5. The van der Waals surface area contributed by atoms with Gasteiger partial charge in [-0.15, -0.1) is 0 Å². The third-order valence-electron chi connectivity index (χ3n) is 4.48. The van der Waals surface area contributed by atoms with Crippen LogP contribution >= 0.6 is 11.8 Å². The lowest BCUT2D eigenvalue weighted by molar-refractivity contribution is 0.145. The molecule has 3 heterocycles. The van der Waals surface area contributed by atoms with E-state index in [1.54, 1.807) is 16.8 Å². The third kappa shape index (κ3) is 4.71. The molecular formula is C18H22F2N6S. The molecule has 0 N–H and O–H groups in total. The van der Waals surface area contributed by atoms with Gasteiger partial charge in [0, 0.05) is 30.7 Å². The Hall–Kier alpha value is -2.29. The van der Waals surface area contributed by atoms with Crippen LogP contribution in [0.25, 0.3) is 5.65 Å². The Bertz CT molecular complexity index is 847. The van der Waals surface area contributed by atoms with Crippen molar-refractivity contribution in [3.05, 3.63) is 42.3 Å². The molecule has 1 aliphatic heterocycles. The van der Waals surface area contributed by atoms with E-state index in [4.69, 9.17) is 4.99 Å². The topological polar surface area (TPSA) is 58.1 Å². The highest BCUT2D eigenvalue weighted by molar-refractivity contribution is 7.99. The number of nitrogens with zero attached hydrogens (tertiary/aromatic N) is 6. The zero-order chi connectivity index (χ0) is 19.2. The van der Waals surface area contributed by atoms with Crippen molar-refractivity contribution in [3.63, 3.8) is 0 Å². The number of alkyl halides is 2. The number of amidine groups is 1. The maximum absolute atomic E-state index is 12.9. The molecule has 0 bridgehead atoms. The van der Waals surface area contributed by atoms with E-state index in [1.165, 1.54) is 18.8 Å². The number of halogens is 2. The first-order chi connectivity index (χ1) is 13.1. The van der Waals surface area contributed by atoms with Gasteiger partial charge in [-0.25, -0.2) is 18.7 Å². The number of aromatic nitrogens is 3. The van der Waals surface area contributed by atoms with Gasteiger partial charge in [0.15, 0.2) is 5.65 Å². The number of piperidine rings is 1. The minimum absolute atomic E-state index is 0.277. The molecule has 1 fully saturated rings. The fourth-order valence-corrected chi connectivity index (χ4v) is 3.79. The smallest absolute Gasteiger partial charge is 0.281 e. The highest BCUT2D eigenvalue weighted by atomic mass is 32.2. The highest BCUT2D eigenvalue weighted by Gasteiger charge is 2.20. The molecule has 9 heteroatoms. The predicted octanol–water partition coefficient (Wildman–Crippen LogP) is 3.61.